The molecule has 0 bridgehead atoms. The summed E-state index contributed by atoms with van der Waals surface area (Å²) in [4.78, 5) is 9.92. The molecule has 3 heteroatoms. The molecular weight excluding hydrogens is 428 g/mol. The maximum atomic E-state index is 5.98. The fourth-order valence-corrected chi connectivity index (χ4v) is 4.36. The molecular formula is C32H22N2O. The van der Waals surface area contributed by atoms with Crippen molar-refractivity contribution in [2.75, 3.05) is 0 Å². The van der Waals surface area contributed by atoms with E-state index in [1.165, 1.54) is 0 Å². The van der Waals surface area contributed by atoms with Crippen LogP contribution < -0.4 is 10.6 Å². The summed E-state index contributed by atoms with van der Waals surface area (Å²) in [7, 11) is 0. The SMILES string of the molecule is C=c1oc2c(-c3cccc(-c4nc(-c5ccccc5)cc(-c5ccccc5)n4)c3)cccc2c1=C. The lowest BCUT2D eigenvalue weighted by Crippen LogP contribution is -2.15. The average molecular weight is 451 g/mol. The Hall–Kier alpha value is -4.76. The quantitative estimate of drug-likeness (QED) is 0.300. The molecule has 3 nitrogen and oxygen atoms in total. The van der Waals surface area contributed by atoms with Crippen LogP contribution in [0.15, 0.2) is 114 Å². The minimum absolute atomic E-state index is 0.593. The Bertz CT molecular complexity index is 1710. The van der Waals surface area contributed by atoms with Crippen molar-refractivity contribution in [3.8, 4) is 45.0 Å². The lowest BCUT2D eigenvalue weighted by atomic mass is 10.0. The molecule has 0 N–H and O–H groups in total. The molecule has 0 saturated heterocycles. The highest BCUT2D eigenvalue weighted by Gasteiger charge is 2.13. The molecule has 0 radical (unpaired) electrons. The summed E-state index contributed by atoms with van der Waals surface area (Å²) in [5.74, 6) is 0.675. The Labute approximate surface area is 203 Å². The molecule has 2 aromatic heterocycles. The fraction of sp³-hybridized carbons (Fsp3) is 0. The van der Waals surface area contributed by atoms with E-state index in [9.17, 15) is 0 Å². The van der Waals surface area contributed by atoms with Gasteiger partial charge in [0.15, 0.2) is 5.82 Å². The Balaban J connectivity index is 1.53. The molecule has 35 heavy (non-hydrogen) atoms. The first-order chi connectivity index (χ1) is 17.2. The first-order valence-corrected chi connectivity index (χ1v) is 11.5. The predicted molar refractivity (Wildman–Crippen MR) is 144 cm³/mol. The van der Waals surface area contributed by atoms with Crippen LogP contribution in [0.5, 0.6) is 0 Å². The zero-order valence-corrected chi connectivity index (χ0v) is 19.1. The van der Waals surface area contributed by atoms with Crippen molar-refractivity contribution in [1.82, 2.24) is 9.97 Å². The lowest BCUT2D eigenvalue weighted by molar-refractivity contribution is 0.578. The number of rotatable bonds is 4. The van der Waals surface area contributed by atoms with Gasteiger partial charge in [-0.1, -0.05) is 110 Å². The molecule has 0 spiro atoms. The number of benzene rings is 4. The van der Waals surface area contributed by atoms with Crippen LogP contribution in [-0.2, 0) is 0 Å². The molecule has 6 rings (SSSR count). The van der Waals surface area contributed by atoms with E-state index in [1.54, 1.807) is 0 Å². The Morgan fingerprint density at radius 1 is 0.543 bits per heavy atom. The van der Waals surface area contributed by atoms with Crippen LogP contribution in [0.1, 0.15) is 0 Å². The largest absolute Gasteiger partial charge is 0.456 e. The average Bonchev–Trinajstić information content (AvgIpc) is 3.22. The maximum Gasteiger partial charge on any atom is 0.160 e. The van der Waals surface area contributed by atoms with Crippen LogP contribution >= 0.6 is 0 Å². The summed E-state index contributed by atoms with van der Waals surface area (Å²) < 4.78 is 5.98. The standard InChI is InChI=1S/C32H22N2O/c1-21-22(2)35-31-27(21)17-10-18-28(31)25-15-9-16-26(19-25)32-33-29(23-11-5-3-6-12-23)20-30(34-32)24-13-7-4-8-14-24/h3-20H,1-2H2. The summed E-state index contributed by atoms with van der Waals surface area (Å²) in [5.41, 5.74) is 8.21. The highest BCUT2D eigenvalue weighted by atomic mass is 16.3. The Kier molecular flexibility index (Phi) is 5.08. The van der Waals surface area contributed by atoms with E-state index in [4.69, 9.17) is 14.4 Å². The third-order valence-electron chi connectivity index (χ3n) is 6.20. The Morgan fingerprint density at radius 3 is 1.77 bits per heavy atom. The zero-order chi connectivity index (χ0) is 23.8. The van der Waals surface area contributed by atoms with Gasteiger partial charge >= 0.3 is 0 Å². The smallest absolute Gasteiger partial charge is 0.160 e. The third kappa shape index (κ3) is 3.83. The molecule has 0 aliphatic rings. The van der Waals surface area contributed by atoms with Crippen molar-refractivity contribution < 1.29 is 4.42 Å². The van der Waals surface area contributed by atoms with Gasteiger partial charge in [-0.25, -0.2) is 9.97 Å². The molecule has 0 amide bonds. The second kappa shape index (κ2) is 8.54. The molecule has 2 heterocycles. The zero-order valence-electron chi connectivity index (χ0n) is 19.1. The van der Waals surface area contributed by atoms with E-state index < -0.39 is 0 Å². The van der Waals surface area contributed by atoms with Crippen LogP contribution in [0.25, 0.3) is 69.2 Å². The highest BCUT2D eigenvalue weighted by Crippen LogP contribution is 2.32. The van der Waals surface area contributed by atoms with Gasteiger partial charge in [0.05, 0.1) is 11.4 Å². The second-order valence-corrected chi connectivity index (χ2v) is 8.46. The number of nitrogens with zero attached hydrogens (tertiary/aromatic N) is 2. The van der Waals surface area contributed by atoms with Crippen molar-refractivity contribution in [3.63, 3.8) is 0 Å². The minimum Gasteiger partial charge on any atom is -0.456 e. The topological polar surface area (TPSA) is 38.9 Å². The number of para-hydroxylation sites is 1. The fourth-order valence-electron chi connectivity index (χ4n) is 4.36. The van der Waals surface area contributed by atoms with Crippen molar-refractivity contribution in [2.45, 2.75) is 0 Å². The summed E-state index contributed by atoms with van der Waals surface area (Å²) >= 11 is 0. The maximum absolute atomic E-state index is 5.98. The van der Waals surface area contributed by atoms with Crippen molar-refractivity contribution >= 4 is 24.1 Å². The van der Waals surface area contributed by atoms with Crippen LogP contribution in [0, 0.1) is 0 Å². The van der Waals surface area contributed by atoms with E-state index in [1.807, 2.05) is 66.7 Å². The molecule has 0 atom stereocenters. The summed E-state index contributed by atoms with van der Waals surface area (Å²) in [5, 5.41) is 1.80. The molecule has 0 aliphatic heterocycles. The van der Waals surface area contributed by atoms with E-state index in [0.717, 1.165) is 55.4 Å². The van der Waals surface area contributed by atoms with Gasteiger partial charge in [-0.15, -0.1) is 0 Å². The number of fused-ring (bicyclic) bond motifs is 1. The van der Waals surface area contributed by atoms with Gasteiger partial charge in [-0.05, 0) is 17.7 Å². The molecule has 0 aliphatic carbocycles. The molecule has 0 unspecified atom stereocenters. The molecule has 0 fully saturated rings. The van der Waals surface area contributed by atoms with Gasteiger partial charge in [0.1, 0.15) is 11.0 Å². The lowest BCUT2D eigenvalue weighted by Gasteiger charge is -2.10. The summed E-state index contributed by atoms with van der Waals surface area (Å²) in [6.07, 6.45) is 0. The van der Waals surface area contributed by atoms with Gasteiger partial charge in [0.25, 0.3) is 0 Å². The van der Waals surface area contributed by atoms with Crippen LogP contribution in [0.3, 0.4) is 0 Å². The van der Waals surface area contributed by atoms with Gasteiger partial charge in [-0.2, -0.15) is 0 Å². The number of hydrogen-bond donors (Lipinski definition) is 0. The van der Waals surface area contributed by atoms with E-state index in [-0.39, 0.29) is 0 Å². The van der Waals surface area contributed by atoms with E-state index in [0.29, 0.717) is 11.2 Å². The summed E-state index contributed by atoms with van der Waals surface area (Å²) in [6, 6.07) is 36.8. The summed E-state index contributed by atoms with van der Waals surface area (Å²) in [6.45, 7) is 8.09. The first-order valence-electron chi connectivity index (χ1n) is 11.5. The highest BCUT2D eigenvalue weighted by molar-refractivity contribution is 5.93. The molecule has 4 aromatic carbocycles. The number of aromatic nitrogens is 2. The number of furan rings is 1. The monoisotopic (exact) mass is 450 g/mol. The van der Waals surface area contributed by atoms with Crippen LogP contribution in [0.2, 0.25) is 0 Å². The second-order valence-electron chi connectivity index (χ2n) is 8.46. The van der Waals surface area contributed by atoms with Crippen LogP contribution in [0.4, 0.5) is 0 Å². The van der Waals surface area contributed by atoms with Crippen molar-refractivity contribution in [1.29, 1.82) is 0 Å². The van der Waals surface area contributed by atoms with Gasteiger partial charge in [-0.3, -0.25) is 0 Å². The van der Waals surface area contributed by atoms with E-state index >= 15 is 0 Å². The van der Waals surface area contributed by atoms with Gasteiger partial charge < -0.3 is 4.42 Å². The number of hydrogen-bond acceptors (Lipinski definition) is 3. The normalized spacial score (nSPS) is 11.1. The van der Waals surface area contributed by atoms with Crippen molar-refractivity contribution in [3.05, 3.63) is 120 Å². The molecule has 166 valence electrons. The van der Waals surface area contributed by atoms with E-state index in [2.05, 4.69) is 55.6 Å². The first kappa shape index (κ1) is 20.8. The van der Waals surface area contributed by atoms with Crippen molar-refractivity contribution in [2.24, 2.45) is 0 Å². The van der Waals surface area contributed by atoms with Gasteiger partial charge in [0.2, 0.25) is 0 Å². The third-order valence-corrected chi connectivity index (χ3v) is 6.20. The molecule has 0 saturated carbocycles. The van der Waals surface area contributed by atoms with Crippen LogP contribution in [-0.4, -0.2) is 9.97 Å². The Morgan fingerprint density at radius 2 is 1.11 bits per heavy atom. The van der Waals surface area contributed by atoms with Gasteiger partial charge in [0, 0.05) is 32.9 Å². The predicted octanol–water partition coefficient (Wildman–Crippen LogP) is 6.71. The molecule has 6 aromatic rings. The minimum atomic E-state index is 0.593.